The van der Waals surface area contributed by atoms with Gasteiger partial charge in [-0.25, -0.2) is 0 Å². The van der Waals surface area contributed by atoms with Gasteiger partial charge >= 0.3 is 0 Å². The van der Waals surface area contributed by atoms with Crippen LogP contribution in [0.25, 0.3) is 0 Å². The Labute approximate surface area is 101 Å². The van der Waals surface area contributed by atoms with Gasteiger partial charge in [0.15, 0.2) is 0 Å². The van der Waals surface area contributed by atoms with Crippen LogP contribution in [0.1, 0.15) is 25.7 Å². The average molecular weight is 247 g/mol. The molecule has 0 aromatic heterocycles. The van der Waals surface area contributed by atoms with E-state index in [2.05, 4.69) is 17.5 Å². The Balaban J connectivity index is 1.87. The van der Waals surface area contributed by atoms with E-state index in [4.69, 9.17) is 0 Å². The molecule has 0 N–H and O–H groups in total. The second kappa shape index (κ2) is 5.19. The van der Waals surface area contributed by atoms with Crippen LogP contribution in [0.5, 0.6) is 0 Å². The fourth-order valence-electron chi connectivity index (χ4n) is 2.80. The summed E-state index contributed by atoms with van der Waals surface area (Å²) in [6.45, 7) is 3.25. The molecule has 0 aromatic carbocycles. The van der Waals surface area contributed by atoms with Gasteiger partial charge in [-0.1, -0.05) is 12.8 Å². The first-order valence-corrected chi connectivity index (χ1v) is 8.04. The molecule has 1 heterocycles. The molecule has 2 nitrogen and oxygen atoms in total. The Hall–Kier alpha value is 0.460. The Kier molecular flexibility index (Phi) is 4.13. The van der Waals surface area contributed by atoms with Gasteiger partial charge in [-0.3, -0.25) is 4.21 Å². The third kappa shape index (κ3) is 2.98. The molecule has 0 atom stereocenters. The molecule has 0 unspecified atom stereocenters. The fourth-order valence-corrected chi connectivity index (χ4v) is 4.34. The smallest absolute Gasteiger partial charge is 0.0363 e. The Bertz CT molecular complexity index is 229. The number of hydrogen-bond donors (Lipinski definition) is 1. The van der Waals surface area contributed by atoms with Crippen molar-refractivity contribution in [1.82, 2.24) is 4.90 Å². The van der Waals surface area contributed by atoms with E-state index in [0.717, 1.165) is 30.3 Å². The van der Waals surface area contributed by atoms with Crippen molar-refractivity contribution in [2.24, 2.45) is 5.41 Å². The third-order valence-electron chi connectivity index (χ3n) is 3.83. The molecular weight excluding hydrogens is 226 g/mol. The van der Waals surface area contributed by atoms with Gasteiger partial charge in [-0.05, 0) is 24.0 Å². The number of thiol groups is 1. The molecular formula is C11H21NOS2. The lowest BCUT2D eigenvalue weighted by molar-refractivity contribution is 0.183. The summed E-state index contributed by atoms with van der Waals surface area (Å²) in [6, 6.07) is 0. The summed E-state index contributed by atoms with van der Waals surface area (Å²) in [7, 11) is -0.540. The zero-order chi connectivity index (χ0) is 10.7. The predicted molar refractivity (Wildman–Crippen MR) is 69.1 cm³/mol. The molecule has 0 radical (unpaired) electrons. The van der Waals surface area contributed by atoms with Crippen LogP contribution in [0.3, 0.4) is 0 Å². The maximum atomic E-state index is 11.3. The largest absolute Gasteiger partial charge is 0.301 e. The Morgan fingerprint density at radius 3 is 2.33 bits per heavy atom. The lowest BCUT2D eigenvalue weighted by Crippen LogP contribution is -2.44. The van der Waals surface area contributed by atoms with Crippen LogP contribution in [0.4, 0.5) is 0 Å². The van der Waals surface area contributed by atoms with Crippen molar-refractivity contribution >= 4 is 23.4 Å². The number of rotatable bonds is 3. The van der Waals surface area contributed by atoms with Crippen molar-refractivity contribution in [2.45, 2.75) is 25.7 Å². The summed E-state index contributed by atoms with van der Waals surface area (Å²) in [5.41, 5.74) is 0.474. The molecule has 1 saturated heterocycles. The van der Waals surface area contributed by atoms with E-state index < -0.39 is 10.8 Å². The van der Waals surface area contributed by atoms with Crippen LogP contribution in [0.2, 0.25) is 0 Å². The molecule has 0 bridgehead atoms. The van der Waals surface area contributed by atoms with Crippen LogP contribution in [-0.4, -0.2) is 46.0 Å². The molecule has 15 heavy (non-hydrogen) atoms. The molecule has 0 aromatic rings. The van der Waals surface area contributed by atoms with Crippen molar-refractivity contribution in [3.63, 3.8) is 0 Å². The van der Waals surface area contributed by atoms with Gasteiger partial charge in [-0.2, -0.15) is 12.6 Å². The average Bonchev–Trinajstić information content (AvgIpc) is 2.71. The summed E-state index contributed by atoms with van der Waals surface area (Å²) in [4.78, 5) is 2.50. The van der Waals surface area contributed by atoms with Gasteiger partial charge < -0.3 is 4.90 Å². The molecule has 0 spiro atoms. The van der Waals surface area contributed by atoms with Gasteiger partial charge in [0.1, 0.15) is 0 Å². The van der Waals surface area contributed by atoms with E-state index in [1.807, 2.05) is 0 Å². The molecule has 2 fully saturated rings. The van der Waals surface area contributed by atoms with Gasteiger partial charge in [0.05, 0.1) is 0 Å². The zero-order valence-electron chi connectivity index (χ0n) is 9.28. The second-order valence-corrected chi connectivity index (χ2v) is 7.00. The highest BCUT2D eigenvalue weighted by atomic mass is 32.2. The lowest BCUT2D eigenvalue weighted by Gasteiger charge is -2.36. The van der Waals surface area contributed by atoms with E-state index in [1.165, 1.54) is 32.2 Å². The highest BCUT2D eigenvalue weighted by Gasteiger charge is 2.34. The molecule has 1 aliphatic heterocycles. The van der Waals surface area contributed by atoms with Crippen LogP contribution in [-0.2, 0) is 10.8 Å². The molecule has 1 saturated carbocycles. The maximum Gasteiger partial charge on any atom is 0.0363 e. The minimum atomic E-state index is -0.540. The van der Waals surface area contributed by atoms with Gasteiger partial charge in [0.25, 0.3) is 0 Å². The lowest BCUT2D eigenvalue weighted by atomic mass is 9.88. The van der Waals surface area contributed by atoms with Crippen molar-refractivity contribution in [2.75, 3.05) is 36.9 Å². The van der Waals surface area contributed by atoms with Crippen LogP contribution >= 0.6 is 12.6 Å². The van der Waals surface area contributed by atoms with Gasteiger partial charge in [0, 0.05) is 41.9 Å². The van der Waals surface area contributed by atoms with Crippen LogP contribution < -0.4 is 0 Å². The first-order chi connectivity index (χ1) is 7.24. The topological polar surface area (TPSA) is 20.3 Å². The third-order valence-corrected chi connectivity index (χ3v) is 5.78. The van der Waals surface area contributed by atoms with Gasteiger partial charge in [-0.15, -0.1) is 0 Å². The predicted octanol–water partition coefficient (Wildman–Crippen LogP) is 1.54. The van der Waals surface area contributed by atoms with E-state index in [0.29, 0.717) is 5.41 Å². The molecule has 1 aliphatic carbocycles. The highest BCUT2D eigenvalue weighted by Crippen LogP contribution is 2.39. The van der Waals surface area contributed by atoms with Crippen molar-refractivity contribution in [1.29, 1.82) is 0 Å². The van der Waals surface area contributed by atoms with Crippen molar-refractivity contribution < 1.29 is 4.21 Å². The second-order valence-electron chi connectivity index (χ2n) is 4.99. The monoisotopic (exact) mass is 247 g/mol. The minimum absolute atomic E-state index is 0.474. The number of nitrogens with zero attached hydrogens (tertiary/aromatic N) is 1. The summed E-state index contributed by atoms with van der Waals surface area (Å²) < 4.78 is 11.3. The fraction of sp³-hybridized carbons (Fsp3) is 1.00. The summed E-state index contributed by atoms with van der Waals surface area (Å²) >= 11 is 4.53. The van der Waals surface area contributed by atoms with Crippen molar-refractivity contribution in [3.8, 4) is 0 Å². The van der Waals surface area contributed by atoms with Crippen LogP contribution in [0, 0.1) is 5.41 Å². The Morgan fingerprint density at radius 1 is 1.20 bits per heavy atom. The summed E-state index contributed by atoms with van der Waals surface area (Å²) in [5, 5.41) is 0. The van der Waals surface area contributed by atoms with E-state index in [9.17, 15) is 4.21 Å². The summed E-state index contributed by atoms with van der Waals surface area (Å²) in [6.07, 6.45) is 5.44. The summed E-state index contributed by atoms with van der Waals surface area (Å²) in [5.74, 6) is 2.78. The number of hydrogen-bond acceptors (Lipinski definition) is 3. The Morgan fingerprint density at radius 2 is 1.80 bits per heavy atom. The molecule has 2 aliphatic rings. The van der Waals surface area contributed by atoms with E-state index >= 15 is 0 Å². The SMILES string of the molecule is O=S1CCN(CC2(CS)CCCC2)CC1. The quantitative estimate of drug-likeness (QED) is 0.764. The van der Waals surface area contributed by atoms with Crippen molar-refractivity contribution in [3.05, 3.63) is 0 Å². The highest BCUT2D eigenvalue weighted by molar-refractivity contribution is 7.85. The minimum Gasteiger partial charge on any atom is -0.301 e. The first kappa shape index (κ1) is 11.9. The standard InChI is InChI=1S/C11H21NOS2/c13-15-7-5-12(6-8-15)9-11(10-14)3-1-2-4-11/h14H,1-10H2. The molecule has 0 amide bonds. The zero-order valence-corrected chi connectivity index (χ0v) is 11.0. The van der Waals surface area contributed by atoms with E-state index in [-0.39, 0.29) is 0 Å². The first-order valence-electron chi connectivity index (χ1n) is 5.92. The van der Waals surface area contributed by atoms with Gasteiger partial charge in [0.2, 0.25) is 0 Å². The molecule has 88 valence electrons. The molecule has 4 heteroatoms. The maximum absolute atomic E-state index is 11.3. The normalized spacial score (nSPS) is 28.3. The van der Waals surface area contributed by atoms with Crippen LogP contribution in [0.15, 0.2) is 0 Å². The van der Waals surface area contributed by atoms with E-state index in [1.54, 1.807) is 0 Å². The molecule has 2 rings (SSSR count).